The van der Waals surface area contributed by atoms with E-state index in [4.69, 9.17) is 4.98 Å². The van der Waals surface area contributed by atoms with Crippen LogP contribution in [0.2, 0.25) is 0 Å². The van der Waals surface area contributed by atoms with E-state index in [9.17, 15) is 14.0 Å². The van der Waals surface area contributed by atoms with Gasteiger partial charge in [0, 0.05) is 24.6 Å². The summed E-state index contributed by atoms with van der Waals surface area (Å²) < 4.78 is 15.3. The van der Waals surface area contributed by atoms with E-state index in [1.807, 2.05) is 13.8 Å². The maximum absolute atomic E-state index is 13.6. The van der Waals surface area contributed by atoms with Crippen molar-refractivity contribution in [2.24, 2.45) is 0 Å². The number of aromatic amines is 1. The van der Waals surface area contributed by atoms with Gasteiger partial charge in [0.25, 0.3) is 11.5 Å². The molecule has 0 saturated carbocycles. The lowest BCUT2D eigenvalue weighted by Gasteiger charge is -2.32. The zero-order valence-corrected chi connectivity index (χ0v) is 19.1. The van der Waals surface area contributed by atoms with Crippen molar-refractivity contribution in [3.8, 4) is 0 Å². The molecule has 2 aromatic carbocycles. The highest BCUT2D eigenvalue weighted by molar-refractivity contribution is 5.94. The molecular formula is C25H25FN6O2. The number of rotatable bonds is 4. The maximum atomic E-state index is 13.6. The predicted molar refractivity (Wildman–Crippen MR) is 125 cm³/mol. The number of nitrogens with zero attached hydrogens (tertiary/aromatic N) is 5. The van der Waals surface area contributed by atoms with Crippen molar-refractivity contribution in [2.75, 3.05) is 13.1 Å². The molecule has 1 atom stereocenters. The van der Waals surface area contributed by atoms with Crippen LogP contribution in [0.5, 0.6) is 0 Å². The second kappa shape index (κ2) is 8.81. The lowest BCUT2D eigenvalue weighted by atomic mass is 9.96. The summed E-state index contributed by atoms with van der Waals surface area (Å²) >= 11 is 0. The first-order valence-electron chi connectivity index (χ1n) is 11.3. The van der Waals surface area contributed by atoms with Crippen molar-refractivity contribution < 1.29 is 9.18 Å². The van der Waals surface area contributed by atoms with E-state index in [0.717, 1.165) is 29.5 Å². The summed E-state index contributed by atoms with van der Waals surface area (Å²) in [6.07, 6.45) is 1.54. The Bertz CT molecular complexity index is 1440. The maximum Gasteiger partial charge on any atom is 0.281 e. The fraction of sp³-hybridized carbons (Fsp3) is 0.320. The monoisotopic (exact) mass is 460 g/mol. The molecule has 174 valence electrons. The fourth-order valence-corrected chi connectivity index (χ4v) is 4.50. The average molecular weight is 461 g/mol. The van der Waals surface area contributed by atoms with Crippen LogP contribution in [0.4, 0.5) is 4.39 Å². The van der Waals surface area contributed by atoms with Gasteiger partial charge in [-0.25, -0.2) is 14.1 Å². The van der Waals surface area contributed by atoms with Crippen LogP contribution in [0, 0.1) is 19.7 Å². The van der Waals surface area contributed by atoms with Gasteiger partial charge in [0.1, 0.15) is 11.6 Å². The number of aromatic nitrogens is 5. The molecule has 1 aliphatic rings. The molecule has 8 nitrogen and oxygen atoms in total. The largest absolute Gasteiger partial charge is 0.338 e. The molecule has 4 aromatic rings. The van der Waals surface area contributed by atoms with Gasteiger partial charge >= 0.3 is 0 Å². The summed E-state index contributed by atoms with van der Waals surface area (Å²) in [5, 5.41) is 8.23. The molecule has 1 amide bonds. The minimum Gasteiger partial charge on any atom is -0.338 e. The number of amides is 1. The topological polar surface area (TPSA) is 96.8 Å². The van der Waals surface area contributed by atoms with Crippen molar-refractivity contribution in [3.05, 3.63) is 86.7 Å². The van der Waals surface area contributed by atoms with Gasteiger partial charge in [-0.1, -0.05) is 35.0 Å². The summed E-state index contributed by atoms with van der Waals surface area (Å²) in [6.45, 7) is 5.48. The molecule has 9 heteroatoms. The van der Waals surface area contributed by atoms with E-state index < -0.39 is 5.82 Å². The Labute approximate surface area is 195 Å². The quantitative estimate of drug-likeness (QED) is 0.504. The van der Waals surface area contributed by atoms with E-state index in [1.165, 1.54) is 18.2 Å². The minimum atomic E-state index is -0.444. The molecule has 0 radical (unpaired) electrons. The number of piperidine rings is 1. The highest BCUT2D eigenvalue weighted by Crippen LogP contribution is 2.26. The molecule has 34 heavy (non-hydrogen) atoms. The lowest BCUT2D eigenvalue weighted by molar-refractivity contribution is 0.0704. The zero-order valence-electron chi connectivity index (χ0n) is 19.1. The van der Waals surface area contributed by atoms with Gasteiger partial charge in [0.2, 0.25) is 0 Å². The van der Waals surface area contributed by atoms with Crippen molar-refractivity contribution in [1.82, 2.24) is 29.9 Å². The summed E-state index contributed by atoms with van der Waals surface area (Å²) in [5.41, 5.74) is 3.93. The van der Waals surface area contributed by atoms with Gasteiger partial charge in [-0.05, 0) is 56.0 Å². The van der Waals surface area contributed by atoms with E-state index in [2.05, 4.69) is 33.5 Å². The SMILES string of the molecule is Cc1ccc(C)c(Cn2nnc3c(=O)[nH]c(C4CCCN(C(=O)c5cccc(F)c5)C4)nc32)c1. The van der Waals surface area contributed by atoms with E-state index >= 15 is 0 Å². The van der Waals surface area contributed by atoms with Gasteiger partial charge in [-0.2, -0.15) is 0 Å². The Morgan fingerprint density at radius 2 is 2.06 bits per heavy atom. The number of carbonyl (C=O) groups excluding carboxylic acids is 1. The second-order valence-corrected chi connectivity index (χ2v) is 8.90. The molecule has 1 N–H and O–H groups in total. The van der Waals surface area contributed by atoms with Gasteiger partial charge < -0.3 is 9.88 Å². The van der Waals surface area contributed by atoms with Gasteiger partial charge in [0.05, 0.1) is 6.54 Å². The Kier molecular flexibility index (Phi) is 5.69. The number of aryl methyl sites for hydroxylation is 2. The van der Waals surface area contributed by atoms with Crippen LogP contribution in [0.15, 0.2) is 47.3 Å². The predicted octanol–water partition coefficient (Wildman–Crippen LogP) is 3.34. The van der Waals surface area contributed by atoms with Crippen LogP contribution in [0.25, 0.3) is 11.2 Å². The molecule has 1 saturated heterocycles. The number of hydrogen-bond acceptors (Lipinski definition) is 5. The molecule has 5 rings (SSSR count). The van der Waals surface area contributed by atoms with Gasteiger partial charge in [0.15, 0.2) is 11.2 Å². The van der Waals surface area contributed by atoms with Crippen LogP contribution in [-0.2, 0) is 6.54 Å². The number of benzene rings is 2. The Balaban J connectivity index is 1.44. The van der Waals surface area contributed by atoms with E-state index in [-0.39, 0.29) is 22.9 Å². The third-order valence-electron chi connectivity index (χ3n) is 6.38. The molecule has 1 aliphatic heterocycles. The first kappa shape index (κ1) is 21.9. The summed E-state index contributed by atoms with van der Waals surface area (Å²) in [7, 11) is 0. The van der Waals surface area contributed by atoms with Crippen LogP contribution in [0.1, 0.15) is 51.6 Å². The van der Waals surface area contributed by atoms with Crippen molar-refractivity contribution >= 4 is 17.1 Å². The summed E-state index contributed by atoms with van der Waals surface area (Å²) in [6, 6.07) is 11.9. The van der Waals surface area contributed by atoms with Crippen LogP contribution in [0.3, 0.4) is 0 Å². The van der Waals surface area contributed by atoms with Crippen molar-refractivity contribution in [3.63, 3.8) is 0 Å². The highest BCUT2D eigenvalue weighted by Gasteiger charge is 2.28. The molecule has 1 fully saturated rings. The first-order valence-corrected chi connectivity index (χ1v) is 11.3. The Morgan fingerprint density at radius 1 is 1.21 bits per heavy atom. The van der Waals surface area contributed by atoms with Gasteiger partial charge in [-0.3, -0.25) is 9.59 Å². The molecule has 1 unspecified atom stereocenters. The van der Waals surface area contributed by atoms with Gasteiger partial charge in [-0.15, -0.1) is 5.10 Å². The third-order valence-corrected chi connectivity index (χ3v) is 6.38. The number of likely N-dealkylation sites (tertiary alicyclic amines) is 1. The molecular weight excluding hydrogens is 435 g/mol. The smallest absolute Gasteiger partial charge is 0.281 e. The molecule has 0 aliphatic carbocycles. The number of carbonyl (C=O) groups is 1. The first-order chi connectivity index (χ1) is 16.4. The van der Waals surface area contributed by atoms with Crippen molar-refractivity contribution in [2.45, 2.75) is 39.2 Å². The number of hydrogen-bond donors (Lipinski definition) is 1. The van der Waals surface area contributed by atoms with Crippen molar-refractivity contribution in [1.29, 1.82) is 0 Å². The minimum absolute atomic E-state index is 0.146. The van der Waals surface area contributed by atoms with E-state index in [0.29, 0.717) is 36.7 Å². The molecule has 3 heterocycles. The summed E-state index contributed by atoms with van der Waals surface area (Å²) in [4.78, 5) is 35.0. The zero-order chi connectivity index (χ0) is 23.8. The average Bonchev–Trinajstić information content (AvgIpc) is 3.24. The standard InChI is InChI=1S/C25H25FN6O2/c1-15-8-9-16(2)19(11-15)14-32-23-21(29-30-32)24(33)28-22(27-23)18-6-4-10-31(13-18)25(34)17-5-3-7-20(26)12-17/h3,5,7-9,11-12,18H,4,6,10,13-14H2,1-2H3,(H,27,28,33). The van der Waals surface area contributed by atoms with Crippen LogP contribution < -0.4 is 5.56 Å². The Morgan fingerprint density at radius 3 is 2.88 bits per heavy atom. The third kappa shape index (κ3) is 4.21. The molecule has 2 aromatic heterocycles. The lowest BCUT2D eigenvalue weighted by Crippen LogP contribution is -2.40. The van der Waals surface area contributed by atoms with Crippen LogP contribution in [-0.4, -0.2) is 48.9 Å². The number of nitrogens with one attached hydrogen (secondary N) is 1. The molecule has 0 spiro atoms. The van der Waals surface area contributed by atoms with E-state index in [1.54, 1.807) is 15.6 Å². The normalized spacial score (nSPS) is 16.2. The molecule has 0 bridgehead atoms. The fourth-order valence-electron chi connectivity index (χ4n) is 4.50. The second-order valence-electron chi connectivity index (χ2n) is 8.90. The highest BCUT2D eigenvalue weighted by atomic mass is 19.1. The summed E-state index contributed by atoms with van der Waals surface area (Å²) in [5.74, 6) is -0.305. The van der Waals surface area contributed by atoms with Crippen LogP contribution >= 0.6 is 0 Å². The Hall–Kier alpha value is -3.88. The number of halogens is 1. The number of H-pyrrole nitrogens is 1. The number of fused-ring (bicyclic) bond motifs is 1.